The van der Waals surface area contributed by atoms with Crippen LogP contribution >= 0.6 is 11.8 Å². The van der Waals surface area contributed by atoms with E-state index in [1.807, 2.05) is 30.3 Å². The number of para-hydroxylation sites is 1. The summed E-state index contributed by atoms with van der Waals surface area (Å²) in [4.78, 5) is 12.3. The Morgan fingerprint density at radius 3 is 2.56 bits per heavy atom. The van der Waals surface area contributed by atoms with E-state index in [0.717, 1.165) is 22.9 Å². The smallest absolute Gasteiger partial charge is 0.308 e. The van der Waals surface area contributed by atoms with Crippen molar-refractivity contribution in [3.63, 3.8) is 0 Å². The first-order chi connectivity index (χ1) is 15.6. The zero-order chi connectivity index (χ0) is 22.7. The Morgan fingerprint density at radius 2 is 1.78 bits per heavy atom. The van der Waals surface area contributed by atoms with Crippen molar-refractivity contribution in [2.24, 2.45) is 0 Å². The molecule has 1 N–H and O–H groups in total. The number of benzene rings is 2. The lowest BCUT2D eigenvalue weighted by atomic mass is 9.76. The molecule has 5 heteroatoms. The van der Waals surface area contributed by atoms with E-state index in [2.05, 4.69) is 23.5 Å². The number of nitrogens with one attached hydrogen (secondary N) is 1. The fraction of sp³-hybridized carbons (Fsp3) is 0.519. The Labute approximate surface area is 197 Å². The Morgan fingerprint density at radius 1 is 1.00 bits per heavy atom. The molecule has 1 aliphatic carbocycles. The highest BCUT2D eigenvalue weighted by Gasteiger charge is 2.33. The second-order valence-electron chi connectivity index (χ2n) is 8.60. The number of hydrogen-bond donors (Lipinski definition) is 1. The molecule has 0 aromatic heterocycles. The number of rotatable bonds is 12. The number of esters is 1. The van der Waals surface area contributed by atoms with Crippen molar-refractivity contribution in [1.29, 1.82) is 0 Å². The van der Waals surface area contributed by atoms with Crippen LogP contribution in [0.5, 0.6) is 11.5 Å². The van der Waals surface area contributed by atoms with Gasteiger partial charge < -0.3 is 14.8 Å². The number of methoxy groups -OCH3 is 1. The summed E-state index contributed by atoms with van der Waals surface area (Å²) < 4.78 is 10.8. The molecule has 3 rings (SSSR count). The Balaban J connectivity index is 1.39. The third kappa shape index (κ3) is 7.28. The second kappa shape index (κ2) is 12.9. The van der Waals surface area contributed by atoms with Gasteiger partial charge in [0.05, 0.1) is 12.0 Å². The first-order valence-electron chi connectivity index (χ1n) is 11.9. The molecule has 1 fully saturated rings. The molecule has 2 aromatic carbocycles. The number of carbonyl (C=O) groups excluding carboxylic acids is 1. The van der Waals surface area contributed by atoms with Crippen molar-refractivity contribution in [1.82, 2.24) is 5.32 Å². The molecule has 0 saturated heterocycles. The van der Waals surface area contributed by atoms with E-state index in [-0.39, 0.29) is 11.5 Å². The predicted molar refractivity (Wildman–Crippen MR) is 133 cm³/mol. The van der Waals surface area contributed by atoms with E-state index in [4.69, 9.17) is 9.47 Å². The van der Waals surface area contributed by atoms with Gasteiger partial charge in [-0.05, 0) is 67.8 Å². The molecule has 1 saturated carbocycles. The molecule has 1 aliphatic rings. The summed E-state index contributed by atoms with van der Waals surface area (Å²) in [6.07, 6.45) is 11.1. The van der Waals surface area contributed by atoms with Gasteiger partial charge in [0.25, 0.3) is 0 Å². The van der Waals surface area contributed by atoms with Gasteiger partial charge in [-0.25, -0.2) is 0 Å². The largest absolute Gasteiger partial charge is 0.497 e. The standard InChI is InChI=1S/C27H37NO3S/c1-22(29)31-25-15-6-7-16-26(25)32-20-11-4-3-10-19-28-27(17-8-5-9-18-27)23-13-12-14-24(21-23)30-2/h6-7,12-16,21,28H,3-5,8-11,17-20H2,1-2H3. The highest BCUT2D eigenvalue weighted by atomic mass is 32.2. The molecule has 0 spiro atoms. The van der Waals surface area contributed by atoms with E-state index >= 15 is 0 Å². The minimum absolute atomic E-state index is 0.100. The molecular weight excluding hydrogens is 418 g/mol. The topological polar surface area (TPSA) is 47.6 Å². The Hall–Kier alpha value is -1.98. The van der Waals surface area contributed by atoms with Crippen molar-refractivity contribution in [3.8, 4) is 11.5 Å². The Bertz CT molecular complexity index is 848. The molecule has 0 bridgehead atoms. The highest BCUT2D eigenvalue weighted by molar-refractivity contribution is 7.99. The zero-order valence-corrected chi connectivity index (χ0v) is 20.3. The third-order valence-corrected chi connectivity index (χ3v) is 7.37. The van der Waals surface area contributed by atoms with Crippen LogP contribution in [0.1, 0.15) is 70.3 Å². The molecule has 0 unspecified atom stereocenters. The van der Waals surface area contributed by atoms with E-state index in [0.29, 0.717) is 5.75 Å². The van der Waals surface area contributed by atoms with Crippen molar-refractivity contribution >= 4 is 17.7 Å². The zero-order valence-electron chi connectivity index (χ0n) is 19.5. The maximum Gasteiger partial charge on any atom is 0.308 e. The van der Waals surface area contributed by atoms with Gasteiger partial charge in [0.2, 0.25) is 0 Å². The molecular formula is C27H37NO3S. The average Bonchev–Trinajstić information content (AvgIpc) is 2.82. The average molecular weight is 456 g/mol. The molecule has 0 aliphatic heterocycles. The van der Waals surface area contributed by atoms with Gasteiger partial charge in [0, 0.05) is 12.5 Å². The lowest BCUT2D eigenvalue weighted by Gasteiger charge is -2.39. The van der Waals surface area contributed by atoms with Crippen LogP contribution in [0.15, 0.2) is 53.4 Å². The number of thioether (sulfide) groups is 1. The predicted octanol–water partition coefficient (Wildman–Crippen LogP) is 6.72. The number of carbonyl (C=O) groups is 1. The summed E-state index contributed by atoms with van der Waals surface area (Å²) in [7, 11) is 1.74. The summed E-state index contributed by atoms with van der Waals surface area (Å²) in [5, 5.41) is 3.94. The summed E-state index contributed by atoms with van der Waals surface area (Å²) in [5.41, 5.74) is 1.47. The van der Waals surface area contributed by atoms with Crippen molar-refractivity contribution in [2.75, 3.05) is 19.4 Å². The fourth-order valence-corrected chi connectivity index (χ4v) is 5.54. The maximum absolute atomic E-state index is 11.3. The van der Waals surface area contributed by atoms with Crippen LogP contribution in [-0.4, -0.2) is 25.4 Å². The van der Waals surface area contributed by atoms with Gasteiger partial charge >= 0.3 is 5.97 Å². The lowest BCUT2D eigenvalue weighted by molar-refractivity contribution is -0.132. The maximum atomic E-state index is 11.3. The SMILES string of the molecule is COc1cccc(C2(NCCCCCCSc3ccccc3OC(C)=O)CCCCC2)c1. The van der Waals surface area contributed by atoms with Crippen molar-refractivity contribution in [3.05, 3.63) is 54.1 Å². The fourth-order valence-electron chi connectivity index (χ4n) is 4.54. The molecule has 0 radical (unpaired) electrons. The number of ether oxygens (including phenoxy) is 2. The number of hydrogen-bond acceptors (Lipinski definition) is 5. The van der Waals surface area contributed by atoms with Crippen LogP contribution in [0, 0.1) is 0 Å². The monoisotopic (exact) mass is 455 g/mol. The molecule has 0 heterocycles. The van der Waals surface area contributed by atoms with Crippen molar-refractivity contribution < 1.29 is 14.3 Å². The normalized spacial score (nSPS) is 15.3. The van der Waals surface area contributed by atoms with Crippen molar-refractivity contribution in [2.45, 2.75) is 75.1 Å². The summed E-state index contributed by atoms with van der Waals surface area (Å²) in [5.74, 6) is 2.39. The summed E-state index contributed by atoms with van der Waals surface area (Å²) >= 11 is 1.77. The minimum Gasteiger partial charge on any atom is -0.497 e. The first kappa shape index (κ1) is 24.7. The van der Waals surface area contributed by atoms with Gasteiger partial charge in [-0.1, -0.05) is 56.4 Å². The van der Waals surface area contributed by atoms with Crippen LogP contribution in [0.3, 0.4) is 0 Å². The third-order valence-electron chi connectivity index (χ3n) is 6.22. The van der Waals surface area contributed by atoms with Gasteiger partial charge in [-0.2, -0.15) is 0 Å². The van der Waals surface area contributed by atoms with Crippen LogP contribution in [-0.2, 0) is 10.3 Å². The molecule has 2 aromatic rings. The summed E-state index contributed by atoms with van der Waals surface area (Å²) in [6.45, 7) is 2.50. The summed E-state index contributed by atoms with van der Waals surface area (Å²) in [6, 6.07) is 16.4. The van der Waals surface area contributed by atoms with Gasteiger partial charge in [0.15, 0.2) is 0 Å². The van der Waals surface area contributed by atoms with Gasteiger partial charge in [0.1, 0.15) is 11.5 Å². The van der Waals surface area contributed by atoms with Crippen LogP contribution in [0.4, 0.5) is 0 Å². The Kier molecular flexibility index (Phi) is 9.94. The number of unbranched alkanes of at least 4 members (excludes halogenated alkanes) is 3. The molecule has 0 amide bonds. The van der Waals surface area contributed by atoms with Gasteiger partial charge in [-0.15, -0.1) is 11.8 Å². The van der Waals surface area contributed by atoms with Gasteiger partial charge in [-0.3, -0.25) is 4.79 Å². The van der Waals surface area contributed by atoms with E-state index < -0.39 is 0 Å². The second-order valence-corrected chi connectivity index (χ2v) is 9.74. The molecule has 0 atom stereocenters. The quantitative estimate of drug-likeness (QED) is 0.167. The first-order valence-corrected chi connectivity index (χ1v) is 12.9. The molecule has 4 nitrogen and oxygen atoms in total. The molecule has 32 heavy (non-hydrogen) atoms. The van der Waals surface area contributed by atoms with Crippen LogP contribution < -0.4 is 14.8 Å². The molecule has 174 valence electrons. The minimum atomic E-state index is -0.268. The highest BCUT2D eigenvalue weighted by Crippen LogP contribution is 2.38. The van der Waals surface area contributed by atoms with Crippen LogP contribution in [0.25, 0.3) is 0 Å². The lowest BCUT2D eigenvalue weighted by Crippen LogP contribution is -2.44. The van der Waals surface area contributed by atoms with E-state index in [1.165, 1.54) is 70.3 Å². The van der Waals surface area contributed by atoms with E-state index in [9.17, 15) is 4.79 Å². The van der Waals surface area contributed by atoms with Crippen LogP contribution in [0.2, 0.25) is 0 Å². The van der Waals surface area contributed by atoms with E-state index in [1.54, 1.807) is 18.9 Å².